The van der Waals surface area contributed by atoms with Crippen molar-refractivity contribution >= 4 is 50.4 Å². The first-order chi connectivity index (χ1) is 18.8. The number of alkyl halides is 3. The van der Waals surface area contributed by atoms with Crippen LogP contribution in [0.15, 0.2) is 71.9 Å². The number of ether oxygens (including phenoxy) is 1. The third-order valence-corrected chi connectivity index (χ3v) is 8.05. The first kappa shape index (κ1) is 28.8. The Bertz CT molecular complexity index is 1570. The van der Waals surface area contributed by atoms with Crippen LogP contribution in [0.2, 0.25) is 0 Å². The second-order valence-corrected chi connectivity index (χ2v) is 10.9. The lowest BCUT2D eigenvalue weighted by molar-refractivity contribution is -0.137. The number of rotatable bonds is 7. The normalized spacial score (nSPS) is 15.9. The van der Waals surface area contributed by atoms with Crippen molar-refractivity contribution < 1.29 is 49.8 Å². The first-order valence-corrected chi connectivity index (χ1v) is 13.6. The summed E-state index contributed by atoms with van der Waals surface area (Å²) in [5.41, 5.74) is -1.55. The minimum absolute atomic E-state index is 0.0395. The maximum absolute atomic E-state index is 13.6. The molecule has 2 N–H and O–H groups in total. The molecule has 2 amide bonds. The summed E-state index contributed by atoms with van der Waals surface area (Å²) in [5, 5.41) is 11.1. The number of benzene rings is 2. The summed E-state index contributed by atoms with van der Waals surface area (Å²) < 4.78 is 97.7. The summed E-state index contributed by atoms with van der Waals surface area (Å²) in [6.07, 6.45) is -5.74. The number of carbonyl (C=O) groups excluding carboxylic acids is 1. The van der Waals surface area contributed by atoms with E-state index >= 15 is 0 Å². The Morgan fingerprint density at radius 3 is 2.50 bits per heavy atom. The molecule has 17 heteroatoms. The van der Waals surface area contributed by atoms with Crippen molar-refractivity contribution in [1.29, 1.82) is 0 Å². The molecule has 3 aromatic rings. The van der Waals surface area contributed by atoms with Gasteiger partial charge in [-0.1, -0.05) is 6.07 Å². The van der Waals surface area contributed by atoms with E-state index in [2.05, 4.69) is 4.98 Å². The summed E-state index contributed by atoms with van der Waals surface area (Å²) in [6.45, 7) is -0.622. The number of carbonyl (C=O) groups is 2. The first-order valence-electron chi connectivity index (χ1n) is 11.1. The van der Waals surface area contributed by atoms with Crippen LogP contribution >= 0.6 is 0 Å². The van der Waals surface area contributed by atoms with Gasteiger partial charge >= 0.3 is 12.3 Å². The largest absolute Gasteiger partial charge is 0.755 e. The van der Waals surface area contributed by atoms with E-state index in [1.54, 1.807) is 0 Å². The van der Waals surface area contributed by atoms with Gasteiger partial charge in [-0.2, -0.15) is 13.2 Å². The third kappa shape index (κ3) is 6.16. The number of nitrogens with zero attached hydrogens (tertiary/aromatic N) is 3. The number of pyridine rings is 1. The Labute approximate surface area is 227 Å². The molecule has 4 rings (SSSR count). The summed E-state index contributed by atoms with van der Waals surface area (Å²) in [4.78, 5) is 27.1. The molecule has 0 spiro atoms. The lowest BCUT2D eigenvalue weighted by Gasteiger charge is -2.36. The number of aromatic nitrogens is 1. The SMILES string of the molecule is O=C(O)Nc1ccc2c(c1)N(S(=O)(=O)c1cccc(C(F)(F)F)c1)CC(CC(=O)N(c1ccncc1)S(=O)[O-])O2. The molecule has 0 aliphatic carbocycles. The fourth-order valence-electron chi connectivity index (χ4n) is 3.88. The van der Waals surface area contributed by atoms with Crippen molar-refractivity contribution in [3.63, 3.8) is 0 Å². The Balaban J connectivity index is 1.74. The molecule has 1 aromatic heterocycles. The van der Waals surface area contributed by atoms with Crippen molar-refractivity contribution in [3.05, 3.63) is 72.6 Å². The van der Waals surface area contributed by atoms with E-state index in [4.69, 9.17) is 9.84 Å². The third-order valence-electron chi connectivity index (χ3n) is 5.57. The number of hydrogen-bond donors (Lipinski definition) is 2. The van der Waals surface area contributed by atoms with Gasteiger partial charge in [-0.25, -0.2) is 17.5 Å². The van der Waals surface area contributed by atoms with Crippen molar-refractivity contribution in [2.45, 2.75) is 23.6 Å². The highest BCUT2D eigenvalue weighted by Crippen LogP contribution is 2.40. The lowest BCUT2D eigenvalue weighted by Crippen LogP contribution is -2.46. The van der Waals surface area contributed by atoms with Gasteiger partial charge in [0, 0.05) is 18.1 Å². The lowest BCUT2D eigenvalue weighted by atomic mass is 10.1. The maximum atomic E-state index is 13.6. The Kier molecular flexibility index (Phi) is 7.99. The fraction of sp³-hybridized carbons (Fsp3) is 0.174. The van der Waals surface area contributed by atoms with Crippen LogP contribution in [0.3, 0.4) is 0 Å². The average Bonchev–Trinajstić information content (AvgIpc) is 2.88. The average molecular weight is 600 g/mol. The molecule has 212 valence electrons. The summed E-state index contributed by atoms with van der Waals surface area (Å²) in [6, 6.07) is 9.05. The van der Waals surface area contributed by atoms with Crippen LogP contribution in [0.5, 0.6) is 5.75 Å². The smallest absolute Gasteiger partial charge is 0.416 e. The highest BCUT2D eigenvalue weighted by Gasteiger charge is 2.38. The van der Waals surface area contributed by atoms with Gasteiger partial charge in [0.1, 0.15) is 11.9 Å². The molecule has 0 radical (unpaired) electrons. The minimum atomic E-state index is -4.84. The molecule has 1 aliphatic rings. The predicted molar refractivity (Wildman–Crippen MR) is 134 cm³/mol. The number of amides is 2. The van der Waals surface area contributed by atoms with Crippen molar-refractivity contribution in [2.75, 3.05) is 20.5 Å². The van der Waals surface area contributed by atoms with E-state index in [0.717, 1.165) is 18.2 Å². The topological polar surface area (TPSA) is 169 Å². The summed E-state index contributed by atoms with van der Waals surface area (Å²) >= 11 is -3.06. The number of hydrogen-bond acceptors (Lipinski definition) is 8. The number of halogens is 3. The van der Waals surface area contributed by atoms with E-state index in [0.29, 0.717) is 20.7 Å². The van der Waals surface area contributed by atoms with Gasteiger partial charge < -0.3 is 14.4 Å². The highest BCUT2D eigenvalue weighted by molar-refractivity contribution is 7.92. The zero-order valence-electron chi connectivity index (χ0n) is 19.9. The van der Waals surface area contributed by atoms with Crippen molar-refractivity contribution in [3.8, 4) is 5.75 Å². The van der Waals surface area contributed by atoms with Crippen LogP contribution in [0.1, 0.15) is 12.0 Å². The van der Waals surface area contributed by atoms with Gasteiger partial charge in [0.05, 0.1) is 46.1 Å². The predicted octanol–water partition coefficient (Wildman–Crippen LogP) is 3.36. The van der Waals surface area contributed by atoms with Gasteiger partial charge in [-0.3, -0.25) is 23.6 Å². The summed E-state index contributed by atoms with van der Waals surface area (Å²) in [7, 11) is -4.74. The molecule has 2 aromatic carbocycles. The molecule has 0 fully saturated rings. The van der Waals surface area contributed by atoms with Crippen LogP contribution < -0.4 is 18.7 Å². The van der Waals surface area contributed by atoms with E-state index in [9.17, 15) is 39.9 Å². The molecule has 0 bridgehead atoms. The molecule has 1 aliphatic heterocycles. The number of anilines is 3. The van der Waals surface area contributed by atoms with Gasteiger partial charge in [0.2, 0.25) is 5.91 Å². The standard InChI is InChI=1S/C23H19F3N4O8S2/c24-23(25,26)14-2-1-3-18(10-14)40(36,37)29-13-17(38-20-5-4-15(11-19(20)29)28-22(32)33)12-21(31)30(39(34)35)16-6-8-27-9-7-16/h1-11,17,28H,12-13H2,(H,32,33)(H,34,35)/p-1. The number of sulfonamides is 1. The van der Waals surface area contributed by atoms with Gasteiger partial charge in [-0.05, 0) is 48.5 Å². The Hall–Kier alpha value is -4.22. The number of carboxylic acid groups (broad SMARTS) is 1. The molecule has 0 saturated heterocycles. The zero-order valence-corrected chi connectivity index (χ0v) is 21.6. The number of fused-ring (bicyclic) bond motifs is 1. The van der Waals surface area contributed by atoms with Gasteiger partial charge in [-0.15, -0.1) is 0 Å². The van der Waals surface area contributed by atoms with Crippen molar-refractivity contribution in [1.82, 2.24) is 4.98 Å². The quantitative estimate of drug-likeness (QED) is 0.387. The number of nitrogens with one attached hydrogen (secondary N) is 1. The van der Waals surface area contributed by atoms with E-state index in [1.165, 1.54) is 36.7 Å². The van der Waals surface area contributed by atoms with Crippen LogP contribution in [-0.4, -0.2) is 51.9 Å². The van der Waals surface area contributed by atoms with Crippen LogP contribution in [0.4, 0.5) is 35.0 Å². The Morgan fingerprint density at radius 1 is 1.18 bits per heavy atom. The monoisotopic (exact) mass is 599 g/mol. The Morgan fingerprint density at radius 2 is 1.88 bits per heavy atom. The molecule has 12 nitrogen and oxygen atoms in total. The zero-order chi connectivity index (χ0) is 29.2. The van der Waals surface area contributed by atoms with E-state index in [-0.39, 0.29) is 22.8 Å². The minimum Gasteiger partial charge on any atom is -0.755 e. The van der Waals surface area contributed by atoms with Gasteiger partial charge in [0.15, 0.2) is 0 Å². The van der Waals surface area contributed by atoms with E-state index < -0.39 is 69.0 Å². The molecular formula is C23H18F3N4O8S2-. The van der Waals surface area contributed by atoms with E-state index in [1.807, 2.05) is 5.32 Å². The maximum Gasteiger partial charge on any atom is 0.416 e. The van der Waals surface area contributed by atoms with Gasteiger partial charge in [0.25, 0.3) is 10.0 Å². The fourth-order valence-corrected chi connectivity index (χ4v) is 5.96. The second-order valence-electron chi connectivity index (χ2n) is 8.23. The summed E-state index contributed by atoms with van der Waals surface area (Å²) in [5.74, 6) is -1.14. The van der Waals surface area contributed by atoms with Crippen LogP contribution in [-0.2, 0) is 32.3 Å². The molecule has 2 heterocycles. The van der Waals surface area contributed by atoms with Crippen LogP contribution in [0, 0.1) is 0 Å². The van der Waals surface area contributed by atoms with Crippen LogP contribution in [0.25, 0.3) is 0 Å². The highest BCUT2D eigenvalue weighted by atomic mass is 32.2. The van der Waals surface area contributed by atoms with Crippen molar-refractivity contribution in [2.24, 2.45) is 0 Å². The molecule has 0 saturated carbocycles. The molecule has 2 atom stereocenters. The molecule has 40 heavy (non-hydrogen) atoms. The molecular weight excluding hydrogens is 581 g/mol. The second kappa shape index (κ2) is 11.1. The molecule has 2 unspecified atom stereocenters.